The smallest absolute Gasteiger partial charge is 0.254 e. The molecule has 0 aliphatic rings. The minimum Gasteiger partial charge on any atom is -0.340 e. The summed E-state index contributed by atoms with van der Waals surface area (Å²) in [5.74, 6) is 0.0807. The van der Waals surface area contributed by atoms with E-state index in [2.05, 4.69) is 36.1 Å². The molecule has 0 aliphatic carbocycles. The van der Waals surface area contributed by atoms with Crippen LogP contribution in [0, 0.1) is 0 Å². The lowest BCUT2D eigenvalue weighted by Crippen LogP contribution is -2.33. The van der Waals surface area contributed by atoms with Crippen molar-refractivity contribution in [2.75, 3.05) is 34.2 Å². The Labute approximate surface area is 145 Å². The maximum Gasteiger partial charge on any atom is 0.254 e. The lowest BCUT2D eigenvalue weighted by molar-refractivity contribution is 0.0788. The lowest BCUT2D eigenvalue weighted by atomic mass is 9.98. The van der Waals surface area contributed by atoms with Crippen molar-refractivity contribution >= 4 is 22.8 Å². The van der Waals surface area contributed by atoms with Crippen molar-refractivity contribution in [3.63, 3.8) is 0 Å². The number of nitrogens with zero attached hydrogens (tertiary/aromatic N) is 2. The Hall–Kier alpha value is -2.13. The summed E-state index contributed by atoms with van der Waals surface area (Å²) in [6, 6.07) is 12.2. The number of carbonyl (C=O) groups excluding carboxylic acids is 1. The molecule has 0 heterocycles. The first-order chi connectivity index (χ1) is 11.5. The number of rotatable bonds is 7. The van der Waals surface area contributed by atoms with Crippen molar-refractivity contribution in [1.29, 1.82) is 0 Å². The fourth-order valence-electron chi connectivity index (χ4n) is 2.69. The highest BCUT2D eigenvalue weighted by Gasteiger charge is 2.15. The predicted octanol–water partition coefficient (Wildman–Crippen LogP) is 4.29. The van der Waals surface area contributed by atoms with Gasteiger partial charge in [0.25, 0.3) is 5.91 Å². The molecule has 2 aromatic carbocycles. The van der Waals surface area contributed by atoms with Crippen LogP contribution in [0.15, 0.2) is 42.5 Å². The van der Waals surface area contributed by atoms with Crippen LogP contribution in [0.25, 0.3) is 16.8 Å². The molecule has 24 heavy (non-hydrogen) atoms. The second kappa shape index (κ2) is 8.65. The summed E-state index contributed by atoms with van der Waals surface area (Å²) in [5.41, 5.74) is 1.95. The molecule has 0 bridgehead atoms. The normalized spacial score (nSPS) is 11.5. The molecular formula is C21H28N2O. The van der Waals surface area contributed by atoms with Crippen molar-refractivity contribution < 1.29 is 4.79 Å². The van der Waals surface area contributed by atoms with Gasteiger partial charge in [-0.1, -0.05) is 55.8 Å². The SMILES string of the molecule is CCC/C=C/c1ccc(C(=O)N(C)CCN(C)C)c2ccccc12. The van der Waals surface area contributed by atoms with Crippen LogP contribution in [0.1, 0.15) is 35.7 Å². The average Bonchev–Trinajstić information content (AvgIpc) is 2.59. The van der Waals surface area contributed by atoms with Crippen LogP contribution >= 0.6 is 0 Å². The fraction of sp³-hybridized carbons (Fsp3) is 0.381. The Kier molecular flexibility index (Phi) is 6.56. The van der Waals surface area contributed by atoms with Gasteiger partial charge in [0.05, 0.1) is 0 Å². The van der Waals surface area contributed by atoms with E-state index >= 15 is 0 Å². The molecule has 128 valence electrons. The molecule has 0 unspecified atom stereocenters. The largest absolute Gasteiger partial charge is 0.340 e. The van der Waals surface area contributed by atoms with E-state index in [1.165, 1.54) is 5.56 Å². The fourth-order valence-corrected chi connectivity index (χ4v) is 2.69. The first-order valence-electron chi connectivity index (χ1n) is 8.63. The molecule has 3 heteroatoms. The molecule has 0 fully saturated rings. The van der Waals surface area contributed by atoms with Gasteiger partial charge in [-0.25, -0.2) is 0 Å². The molecule has 0 saturated heterocycles. The van der Waals surface area contributed by atoms with Crippen LogP contribution < -0.4 is 0 Å². The van der Waals surface area contributed by atoms with E-state index in [1.807, 2.05) is 45.4 Å². The summed E-state index contributed by atoms with van der Waals surface area (Å²) in [6.07, 6.45) is 6.58. The molecule has 1 amide bonds. The Morgan fingerprint density at radius 2 is 1.71 bits per heavy atom. The maximum absolute atomic E-state index is 12.8. The van der Waals surface area contributed by atoms with E-state index in [1.54, 1.807) is 4.90 Å². The summed E-state index contributed by atoms with van der Waals surface area (Å²) >= 11 is 0. The minimum atomic E-state index is 0.0807. The van der Waals surface area contributed by atoms with Gasteiger partial charge >= 0.3 is 0 Å². The van der Waals surface area contributed by atoms with Gasteiger partial charge in [0.15, 0.2) is 0 Å². The van der Waals surface area contributed by atoms with E-state index in [-0.39, 0.29) is 5.91 Å². The third-order valence-corrected chi connectivity index (χ3v) is 4.17. The number of hydrogen-bond donors (Lipinski definition) is 0. The first kappa shape index (κ1) is 18.2. The first-order valence-corrected chi connectivity index (χ1v) is 8.63. The van der Waals surface area contributed by atoms with Gasteiger partial charge in [0.2, 0.25) is 0 Å². The molecule has 2 aromatic rings. The summed E-state index contributed by atoms with van der Waals surface area (Å²) in [6.45, 7) is 3.75. The number of unbranched alkanes of at least 4 members (excludes halogenated alkanes) is 1. The number of carbonyl (C=O) groups is 1. The van der Waals surface area contributed by atoms with E-state index in [0.29, 0.717) is 0 Å². The zero-order valence-electron chi connectivity index (χ0n) is 15.2. The molecule has 0 atom stereocenters. The van der Waals surface area contributed by atoms with Crippen LogP contribution in [0.4, 0.5) is 0 Å². The van der Waals surface area contributed by atoms with Crippen molar-refractivity contribution in [3.8, 4) is 0 Å². The van der Waals surface area contributed by atoms with Gasteiger partial charge in [-0.15, -0.1) is 0 Å². The van der Waals surface area contributed by atoms with E-state index in [9.17, 15) is 4.79 Å². The van der Waals surface area contributed by atoms with Crippen molar-refractivity contribution in [3.05, 3.63) is 53.6 Å². The molecule has 0 saturated carbocycles. The molecule has 0 aliphatic heterocycles. The highest BCUT2D eigenvalue weighted by Crippen LogP contribution is 2.25. The molecule has 0 spiro atoms. The van der Waals surface area contributed by atoms with Gasteiger partial charge in [-0.05, 0) is 42.9 Å². The number of fused-ring (bicyclic) bond motifs is 1. The third kappa shape index (κ3) is 4.45. The van der Waals surface area contributed by atoms with Gasteiger partial charge in [-0.2, -0.15) is 0 Å². The van der Waals surface area contributed by atoms with Gasteiger partial charge < -0.3 is 9.80 Å². The maximum atomic E-state index is 12.8. The van der Waals surface area contributed by atoms with E-state index < -0.39 is 0 Å². The molecule has 3 nitrogen and oxygen atoms in total. The number of benzene rings is 2. The number of hydrogen-bond acceptors (Lipinski definition) is 2. The van der Waals surface area contributed by atoms with Crippen LogP contribution in [-0.2, 0) is 0 Å². The average molecular weight is 324 g/mol. The highest BCUT2D eigenvalue weighted by atomic mass is 16.2. The Morgan fingerprint density at radius 1 is 1.00 bits per heavy atom. The highest BCUT2D eigenvalue weighted by molar-refractivity contribution is 6.08. The van der Waals surface area contributed by atoms with Crippen molar-refractivity contribution in [2.24, 2.45) is 0 Å². The van der Waals surface area contributed by atoms with E-state index in [0.717, 1.165) is 42.3 Å². The Morgan fingerprint density at radius 3 is 2.38 bits per heavy atom. The van der Waals surface area contributed by atoms with Crippen LogP contribution in [0.5, 0.6) is 0 Å². The third-order valence-electron chi connectivity index (χ3n) is 4.17. The van der Waals surface area contributed by atoms with E-state index in [4.69, 9.17) is 0 Å². The minimum absolute atomic E-state index is 0.0807. The summed E-state index contributed by atoms with van der Waals surface area (Å²) in [4.78, 5) is 16.7. The summed E-state index contributed by atoms with van der Waals surface area (Å²) in [7, 11) is 5.91. The second-order valence-electron chi connectivity index (χ2n) is 6.47. The topological polar surface area (TPSA) is 23.6 Å². The molecule has 0 aromatic heterocycles. The van der Waals surface area contributed by atoms with Crippen molar-refractivity contribution in [1.82, 2.24) is 9.80 Å². The number of likely N-dealkylation sites (N-methyl/N-ethyl adjacent to an activating group) is 2. The quantitative estimate of drug-likeness (QED) is 0.758. The van der Waals surface area contributed by atoms with Crippen LogP contribution in [-0.4, -0.2) is 49.9 Å². The Bertz CT molecular complexity index is 719. The number of amides is 1. The monoisotopic (exact) mass is 324 g/mol. The molecule has 2 rings (SSSR count). The lowest BCUT2D eigenvalue weighted by Gasteiger charge is -2.20. The number of allylic oxidation sites excluding steroid dienone is 1. The zero-order chi connectivity index (χ0) is 17.5. The van der Waals surface area contributed by atoms with Crippen molar-refractivity contribution in [2.45, 2.75) is 19.8 Å². The van der Waals surface area contributed by atoms with Gasteiger partial charge in [-0.3, -0.25) is 4.79 Å². The molecule has 0 N–H and O–H groups in total. The van der Waals surface area contributed by atoms with Crippen LogP contribution in [0.2, 0.25) is 0 Å². The summed E-state index contributed by atoms with van der Waals surface area (Å²) < 4.78 is 0. The van der Waals surface area contributed by atoms with Gasteiger partial charge in [0.1, 0.15) is 0 Å². The second-order valence-corrected chi connectivity index (χ2v) is 6.47. The zero-order valence-corrected chi connectivity index (χ0v) is 15.2. The standard InChI is InChI=1S/C21H28N2O/c1-5-6-7-10-17-13-14-20(19-12-9-8-11-18(17)19)21(24)23(4)16-15-22(2)3/h7-14H,5-6,15-16H2,1-4H3/b10-7+. The molecule has 0 radical (unpaired) electrons. The summed E-state index contributed by atoms with van der Waals surface area (Å²) in [5, 5.41) is 2.16. The predicted molar refractivity (Wildman–Crippen MR) is 103 cm³/mol. The van der Waals surface area contributed by atoms with Crippen LogP contribution in [0.3, 0.4) is 0 Å². The Balaban J connectivity index is 2.35. The molecular weight excluding hydrogens is 296 g/mol. The van der Waals surface area contributed by atoms with Gasteiger partial charge in [0, 0.05) is 25.7 Å².